The van der Waals surface area contributed by atoms with E-state index in [1.54, 1.807) is 0 Å². The zero-order chi connectivity index (χ0) is 11.5. The molecule has 88 valence electrons. The molecular weight excluding hydrogens is 229 g/mol. The van der Waals surface area contributed by atoms with E-state index in [1.807, 2.05) is 0 Å². The maximum absolute atomic E-state index is 13.6. The maximum Gasteiger partial charge on any atom is 0.131 e. The van der Waals surface area contributed by atoms with Gasteiger partial charge in [0.1, 0.15) is 11.6 Å². The number of benzene rings is 1. The van der Waals surface area contributed by atoms with Crippen LogP contribution in [0.5, 0.6) is 5.75 Å². The van der Waals surface area contributed by atoms with Gasteiger partial charge in [-0.25, -0.2) is 4.39 Å². The minimum atomic E-state index is -0.407. The molecule has 0 aliphatic carbocycles. The van der Waals surface area contributed by atoms with Gasteiger partial charge >= 0.3 is 0 Å². The van der Waals surface area contributed by atoms with Gasteiger partial charge in [0.15, 0.2) is 0 Å². The summed E-state index contributed by atoms with van der Waals surface area (Å²) in [6.07, 6.45) is 2.86. The molecule has 1 aliphatic heterocycles. The fraction of sp³-hybridized carbons (Fsp3) is 0.500. The van der Waals surface area contributed by atoms with E-state index in [-0.39, 0.29) is 5.75 Å². The molecule has 0 saturated carbocycles. The van der Waals surface area contributed by atoms with Gasteiger partial charge < -0.3 is 10.4 Å². The first kappa shape index (κ1) is 11.7. The molecule has 2 N–H and O–H groups in total. The Morgan fingerprint density at radius 3 is 2.94 bits per heavy atom. The first-order valence-corrected chi connectivity index (χ1v) is 5.92. The summed E-state index contributed by atoms with van der Waals surface area (Å²) in [5.41, 5.74) is 0.521. The van der Waals surface area contributed by atoms with Crippen molar-refractivity contribution in [1.82, 2.24) is 5.32 Å². The van der Waals surface area contributed by atoms with Crippen LogP contribution in [0.25, 0.3) is 0 Å². The Bertz CT molecular complexity index is 354. The van der Waals surface area contributed by atoms with Gasteiger partial charge in [0.05, 0.1) is 5.02 Å². The predicted octanol–water partition coefficient (Wildman–Crippen LogP) is 2.73. The smallest absolute Gasteiger partial charge is 0.131 e. The number of hydrogen-bond acceptors (Lipinski definition) is 2. The van der Waals surface area contributed by atoms with Crippen molar-refractivity contribution in [3.63, 3.8) is 0 Å². The first-order chi connectivity index (χ1) is 7.66. The van der Waals surface area contributed by atoms with Gasteiger partial charge in [0.2, 0.25) is 0 Å². The summed E-state index contributed by atoms with van der Waals surface area (Å²) >= 11 is 5.93. The lowest BCUT2D eigenvalue weighted by molar-refractivity contribution is 0.371. The molecule has 1 aliphatic rings. The summed E-state index contributed by atoms with van der Waals surface area (Å²) in [7, 11) is 0. The third-order valence-electron chi connectivity index (χ3n) is 3.02. The fourth-order valence-corrected chi connectivity index (χ4v) is 2.45. The highest BCUT2D eigenvalue weighted by atomic mass is 35.5. The van der Waals surface area contributed by atoms with Crippen LogP contribution in [-0.2, 0) is 6.42 Å². The lowest BCUT2D eigenvalue weighted by Gasteiger charge is -2.23. The number of halogens is 2. The zero-order valence-corrected chi connectivity index (χ0v) is 9.73. The Morgan fingerprint density at radius 2 is 2.31 bits per heavy atom. The van der Waals surface area contributed by atoms with Gasteiger partial charge in [0.25, 0.3) is 0 Å². The molecule has 16 heavy (non-hydrogen) atoms. The van der Waals surface area contributed by atoms with Crippen LogP contribution in [0.1, 0.15) is 18.4 Å². The Labute approximate surface area is 99.4 Å². The van der Waals surface area contributed by atoms with Crippen LogP contribution in [0.2, 0.25) is 5.02 Å². The number of hydrogen-bond donors (Lipinski definition) is 2. The van der Waals surface area contributed by atoms with E-state index in [4.69, 9.17) is 11.6 Å². The Hall–Kier alpha value is -0.800. The Kier molecular flexibility index (Phi) is 3.66. The van der Waals surface area contributed by atoms with E-state index in [2.05, 4.69) is 5.32 Å². The maximum atomic E-state index is 13.6. The van der Waals surface area contributed by atoms with Crippen LogP contribution in [0.15, 0.2) is 12.1 Å². The van der Waals surface area contributed by atoms with Gasteiger partial charge in [-0.2, -0.15) is 0 Å². The first-order valence-electron chi connectivity index (χ1n) is 5.54. The third kappa shape index (κ3) is 2.66. The highest BCUT2D eigenvalue weighted by Gasteiger charge is 2.18. The molecule has 4 heteroatoms. The molecular formula is C12H15ClFNO. The van der Waals surface area contributed by atoms with Crippen molar-refractivity contribution in [2.24, 2.45) is 5.92 Å². The molecule has 1 aromatic carbocycles. The molecule has 1 fully saturated rings. The highest BCUT2D eigenvalue weighted by Crippen LogP contribution is 2.28. The molecule has 1 unspecified atom stereocenters. The van der Waals surface area contributed by atoms with Crippen molar-refractivity contribution in [3.8, 4) is 5.75 Å². The van der Waals surface area contributed by atoms with Crippen molar-refractivity contribution in [3.05, 3.63) is 28.5 Å². The average molecular weight is 244 g/mol. The van der Waals surface area contributed by atoms with Crippen LogP contribution in [-0.4, -0.2) is 18.2 Å². The molecule has 2 nitrogen and oxygen atoms in total. The quantitative estimate of drug-likeness (QED) is 0.837. The number of aromatic hydroxyl groups is 1. The second-order valence-corrected chi connectivity index (χ2v) is 4.71. The van der Waals surface area contributed by atoms with Gasteiger partial charge in [0, 0.05) is 11.6 Å². The van der Waals surface area contributed by atoms with Crippen molar-refractivity contribution >= 4 is 11.6 Å². The van der Waals surface area contributed by atoms with E-state index >= 15 is 0 Å². The van der Waals surface area contributed by atoms with Crippen molar-refractivity contribution in [1.29, 1.82) is 0 Å². The zero-order valence-electron chi connectivity index (χ0n) is 8.97. The van der Waals surface area contributed by atoms with Crippen LogP contribution in [0.4, 0.5) is 4.39 Å². The summed E-state index contributed by atoms with van der Waals surface area (Å²) < 4.78 is 13.6. The van der Waals surface area contributed by atoms with Crippen LogP contribution >= 0.6 is 11.6 Å². The second-order valence-electron chi connectivity index (χ2n) is 4.30. The van der Waals surface area contributed by atoms with E-state index in [0.29, 0.717) is 22.9 Å². The highest BCUT2D eigenvalue weighted by molar-refractivity contribution is 6.31. The number of phenols is 1. The third-order valence-corrected chi connectivity index (χ3v) is 3.35. The monoisotopic (exact) mass is 243 g/mol. The van der Waals surface area contributed by atoms with Crippen molar-refractivity contribution in [2.45, 2.75) is 19.3 Å². The Balaban J connectivity index is 2.14. The summed E-state index contributed by atoms with van der Waals surface area (Å²) in [6, 6.07) is 2.52. The van der Waals surface area contributed by atoms with E-state index in [0.717, 1.165) is 32.0 Å². The summed E-state index contributed by atoms with van der Waals surface area (Å²) in [4.78, 5) is 0. The molecule has 0 bridgehead atoms. The van der Waals surface area contributed by atoms with Crippen LogP contribution < -0.4 is 5.32 Å². The molecule has 0 radical (unpaired) electrons. The van der Waals surface area contributed by atoms with E-state index < -0.39 is 5.82 Å². The standard InChI is InChI=1S/C12H15ClFNO/c13-11-5-9(16)6-12(14)10(11)4-8-2-1-3-15-7-8/h5-6,8,15-16H,1-4,7H2. The number of rotatable bonds is 2. The summed E-state index contributed by atoms with van der Waals surface area (Å²) in [5, 5.41) is 12.8. The average Bonchev–Trinajstić information content (AvgIpc) is 2.25. The van der Waals surface area contributed by atoms with E-state index in [1.165, 1.54) is 6.07 Å². The topological polar surface area (TPSA) is 32.3 Å². The number of piperidine rings is 1. The summed E-state index contributed by atoms with van der Waals surface area (Å²) in [6.45, 7) is 1.96. The number of phenolic OH excluding ortho intramolecular Hbond substituents is 1. The molecule has 1 saturated heterocycles. The van der Waals surface area contributed by atoms with Gasteiger partial charge in [-0.3, -0.25) is 0 Å². The van der Waals surface area contributed by atoms with Gasteiger partial charge in [-0.1, -0.05) is 11.6 Å². The molecule has 1 heterocycles. The van der Waals surface area contributed by atoms with Gasteiger partial charge in [-0.05, 0) is 44.3 Å². The molecule has 0 spiro atoms. The number of nitrogens with one attached hydrogen (secondary N) is 1. The molecule has 1 aromatic rings. The van der Waals surface area contributed by atoms with Crippen molar-refractivity contribution in [2.75, 3.05) is 13.1 Å². The minimum Gasteiger partial charge on any atom is -0.508 e. The normalized spacial score (nSPS) is 21.0. The lowest BCUT2D eigenvalue weighted by atomic mass is 9.92. The Morgan fingerprint density at radius 1 is 1.50 bits per heavy atom. The molecule has 0 aromatic heterocycles. The van der Waals surface area contributed by atoms with Crippen LogP contribution in [0.3, 0.4) is 0 Å². The fourth-order valence-electron chi connectivity index (χ4n) is 2.17. The van der Waals surface area contributed by atoms with Crippen LogP contribution in [0, 0.1) is 11.7 Å². The van der Waals surface area contributed by atoms with E-state index in [9.17, 15) is 9.50 Å². The summed E-state index contributed by atoms with van der Waals surface area (Å²) in [5.74, 6) is -0.0890. The lowest BCUT2D eigenvalue weighted by Crippen LogP contribution is -2.31. The van der Waals surface area contributed by atoms with Gasteiger partial charge in [-0.15, -0.1) is 0 Å². The second kappa shape index (κ2) is 5.02. The largest absolute Gasteiger partial charge is 0.508 e. The predicted molar refractivity (Wildman–Crippen MR) is 62.4 cm³/mol. The molecule has 2 rings (SSSR count). The molecule has 0 amide bonds. The SMILES string of the molecule is Oc1cc(F)c(CC2CCCNC2)c(Cl)c1. The molecule has 1 atom stereocenters. The minimum absolute atomic E-state index is 0.118. The van der Waals surface area contributed by atoms with Crippen molar-refractivity contribution < 1.29 is 9.50 Å².